The molecule has 2 rings (SSSR count). The normalized spacial score (nSPS) is 10.7. The lowest BCUT2D eigenvalue weighted by atomic mass is 10.2. The van der Waals surface area contributed by atoms with Crippen molar-refractivity contribution in [3.63, 3.8) is 0 Å². The third kappa shape index (κ3) is 2.18. The summed E-state index contributed by atoms with van der Waals surface area (Å²) in [5.74, 6) is -1.10. The van der Waals surface area contributed by atoms with Crippen molar-refractivity contribution < 1.29 is 15.0 Å². The Morgan fingerprint density at radius 2 is 2.24 bits per heavy atom. The van der Waals surface area contributed by atoms with Crippen LogP contribution >= 0.6 is 0 Å². The molecule has 0 saturated carbocycles. The molecule has 2 N–H and O–H groups in total. The maximum atomic E-state index is 11.0. The SMILES string of the molecule is Cn1cc(-n2cc(CCO)c(C(=O)O)n2)cn1. The molecule has 0 unspecified atom stereocenters. The minimum absolute atomic E-state index is 0.0390. The van der Waals surface area contributed by atoms with Crippen molar-refractivity contribution in [2.45, 2.75) is 6.42 Å². The second kappa shape index (κ2) is 4.38. The molecule has 0 atom stereocenters. The lowest BCUT2D eigenvalue weighted by Crippen LogP contribution is -2.03. The summed E-state index contributed by atoms with van der Waals surface area (Å²) < 4.78 is 3.05. The number of aliphatic hydroxyl groups excluding tert-OH is 1. The first-order valence-corrected chi connectivity index (χ1v) is 5.03. The van der Waals surface area contributed by atoms with E-state index in [1.807, 2.05) is 0 Å². The molecular weight excluding hydrogens is 224 g/mol. The molecule has 0 aliphatic carbocycles. The number of carboxylic acids is 1. The summed E-state index contributed by atoms with van der Waals surface area (Å²) in [7, 11) is 1.76. The van der Waals surface area contributed by atoms with Crippen molar-refractivity contribution in [1.29, 1.82) is 0 Å². The average Bonchev–Trinajstić information content (AvgIpc) is 2.85. The van der Waals surface area contributed by atoms with Crippen LogP contribution in [0.5, 0.6) is 0 Å². The van der Waals surface area contributed by atoms with Gasteiger partial charge in [-0.25, -0.2) is 9.48 Å². The van der Waals surface area contributed by atoms with Gasteiger partial charge in [0.15, 0.2) is 5.69 Å². The standard InChI is InChI=1S/C10H12N4O3/c1-13-6-8(4-11-13)14-5-7(2-3-15)9(12-14)10(16)17/h4-6,15H,2-3H2,1H3,(H,16,17). The van der Waals surface area contributed by atoms with E-state index in [0.29, 0.717) is 11.3 Å². The molecule has 2 heterocycles. The number of nitrogens with zero attached hydrogens (tertiary/aromatic N) is 4. The topological polar surface area (TPSA) is 93.2 Å². The van der Waals surface area contributed by atoms with Gasteiger partial charge in [0.25, 0.3) is 0 Å². The lowest BCUT2D eigenvalue weighted by molar-refractivity contribution is 0.0688. The summed E-state index contributed by atoms with van der Waals surface area (Å²) in [5, 5.41) is 25.8. The number of hydrogen-bond acceptors (Lipinski definition) is 4. The monoisotopic (exact) mass is 236 g/mol. The van der Waals surface area contributed by atoms with Crippen LogP contribution in [-0.2, 0) is 13.5 Å². The first-order chi connectivity index (χ1) is 8.11. The fourth-order valence-corrected chi connectivity index (χ4v) is 1.55. The summed E-state index contributed by atoms with van der Waals surface area (Å²) in [4.78, 5) is 11.0. The number of carbonyl (C=O) groups is 1. The van der Waals surface area contributed by atoms with Crippen LogP contribution in [0.15, 0.2) is 18.6 Å². The van der Waals surface area contributed by atoms with E-state index in [2.05, 4.69) is 10.2 Å². The second-order valence-electron chi connectivity index (χ2n) is 3.60. The van der Waals surface area contributed by atoms with Gasteiger partial charge in [-0.3, -0.25) is 4.68 Å². The summed E-state index contributed by atoms with van der Waals surface area (Å²) >= 11 is 0. The van der Waals surface area contributed by atoms with Gasteiger partial charge in [-0.05, 0) is 6.42 Å². The molecular formula is C10H12N4O3. The van der Waals surface area contributed by atoms with Crippen molar-refractivity contribution in [3.05, 3.63) is 29.8 Å². The highest BCUT2D eigenvalue weighted by Crippen LogP contribution is 2.12. The van der Waals surface area contributed by atoms with Gasteiger partial charge in [-0.15, -0.1) is 0 Å². The first-order valence-electron chi connectivity index (χ1n) is 5.03. The molecule has 0 aliphatic heterocycles. The predicted molar refractivity (Wildman–Crippen MR) is 58.1 cm³/mol. The smallest absolute Gasteiger partial charge is 0.356 e. The Morgan fingerprint density at radius 3 is 2.76 bits per heavy atom. The highest BCUT2D eigenvalue weighted by atomic mass is 16.4. The Hall–Kier alpha value is -2.15. The van der Waals surface area contributed by atoms with Crippen LogP contribution in [0.1, 0.15) is 16.1 Å². The first kappa shape index (κ1) is 11.3. The molecule has 90 valence electrons. The van der Waals surface area contributed by atoms with Crippen LogP contribution in [0.3, 0.4) is 0 Å². The molecule has 0 aliphatic rings. The molecule has 7 heteroatoms. The zero-order valence-corrected chi connectivity index (χ0v) is 9.24. The molecule has 7 nitrogen and oxygen atoms in total. The van der Waals surface area contributed by atoms with Crippen LogP contribution in [0.4, 0.5) is 0 Å². The van der Waals surface area contributed by atoms with Gasteiger partial charge in [-0.2, -0.15) is 10.2 Å². The van der Waals surface area contributed by atoms with Gasteiger partial charge < -0.3 is 10.2 Å². The van der Waals surface area contributed by atoms with Crippen molar-refractivity contribution in [1.82, 2.24) is 19.6 Å². The minimum Gasteiger partial charge on any atom is -0.476 e. The van der Waals surface area contributed by atoms with Crippen LogP contribution in [-0.4, -0.2) is 42.4 Å². The van der Waals surface area contributed by atoms with E-state index in [0.717, 1.165) is 0 Å². The van der Waals surface area contributed by atoms with Crippen molar-refractivity contribution >= 4 is 5.97 Å². The number of hydrogen-bond donors (Lipinski definition) is 2. The molecule has 0 amide bonds. The number of aliphatic hydroxyl groups is 1. The van der Waals surface area contributed by atoms with E-state index < -0.39 is 5.97 Å². The van der Waals surface area contributed by atoms with E-state index in [1.165, 1.54) is 4.68 Å². The molecule has 0 saturated heterocycles. The Kier molecular flexibility index (Phi) is 2.92. The summed E-state index contributed by atoms with van der Waals surface area (Å²) in [6.07, 6.45) is 5.17. The average molecular weight is 236 g/mol. The minimum atomic E-state index is -1.10. The maximum Gasteiger partial charge on any atom is 0.356 e. The van der Waals surface area contributed by atoms with Crippen molar-refractivity contribution in [2.75, 3.05) is 6.61 Å². The predicted octanol–water partition coefficient (Wildman–Crippen LogP) is -0.161. The fraction of sp³-hybridized carbons (Fsp3) is 0.300. The van der Waals surface area contributed by atoms with Crippen molar-refractivity contribution in [3.8, 4) is 5.69 Å². The van der Waals surface area contributed by atoms with E-state index in [1.54, 1.807) is 30.3 Å². The van der Waals surface area contributed by atoms with Gasteiger partial charge in [0.1, 0.15) is 5.69 Å². The third-order valence-electron chi connectivity index (χ3n) is 2.33. The fourth-order valence-electron chi connectivity index (χ4n) is 1.55. The van der Waals surface area contributed by atoms with Crippen LogP contribution in [0, 0.1) is 0 Å². The van der Waals surface area contributed by atoms with Gasteiger partial charge in [-0.1, -0.05) is 0 Å². The second-order valence-corrected chi connectivity index (χ2v) is 3.60. The van der Waals surface area contributed by atoms with Gasteiger partial charge in [0.2, 0.25) is 0 Å². The largest absolute Gasteiger partial charge is 0.476 e. The zero-order chi connectivity index (χ0) is 12.4. The van der Waals surface area contributed by atoms with Gasteiger partial charge in [0.05, 0.1) is 12.4 Å². The Bertz CT molecular complexity index is 543. The maximum absolute atomic E-state index is 11.0. The molecule has 2 aromatic rings. The third-order valence-corrected chi connectivity index (χ3v) is 2.33. The van der Waals surface area contributed by atoms with Crippen molar-refractivity contribution in [2.24, 2.45) is 7.05 Å². The molecule has 0 spiro atoms. The van der Waals surface area contributed by atoms with E-state index >= 15 is 0 Å². The van der Waals surface area contributed by atoms with Crippen LogP contribution < -0.4 is 0 Å². The quantitative estimate of drug-likeness (QED) is 0.769. The highest BCUT2D eigenvalue weighted by Gasteiger charge is 2.16. The van der Waals surface area contributed by atoms with E-state index in [4.69, 9.17) is 10.2 Å². The summed E-state index contributed by atoms with van der Waals surface area (Å²) in [5.41, 5.74) is 1.14. The number of carboxylic acid groups (broad SMARTS) is 1. The van der Waals surface area contributed by atoms with Crippen LogP contribution in [0.2, 0.25) is 0 Å². The number of rotatable bonds is 4. The number of aromatic carboxylic acids is 1. The molecule has 17 heavy (non-hydrogen) atoms. The highest BCUT2D eigenvalue weighted by molar-refractivity contribution is 5.87. The van der Waals surface area contributed by atoms with Crippen LogP contribution in [0.25, 0.3) is 5.69 Å². The summed E-state index contributed by atoms with van der Waals surface area (Å²) in [6.45, 7) is -0.112. The Balaban J connectivity index is 2.43. The molecule has 2 aromatic heterocycles. The number of aryl methyl sites for hydroxylation is 1. The molecule has 0 fully saturated rings. The van der Waals surface area contributed by atoms with Gasteiger partial charge in [0, 0.05) is 25.4 Å². The molecule has 0 radical (unpaired) electrons. The zero-order valence-electron chi connectivity index (χ0n) is 9.24. The summed E-state index contributed by atoms with van der Waals surface area (Å²) in [6, 6.07) is 0. The van der Waals surface area contributed by atoms with E-state index in [9.17, 15) is 4.79 Å². The number of aromatic nitrogens is 4. The molecule has 0 aromatic carbocycles. The molecule has 0 bridgehead atoms. The Labute approximate surface area is 96.9 Å². The van der Waals surface area contributed by atoms with Gasteiger partial charge >= 0.3 is 5.97 Å². The lowest BCUT2D eigenvalue weighted by Gasteiger charge is -1.93. The Morgan fingerprint density at radius 1 is 1.47 bits per heavy atom. The van der Waals surface area contributed by atoms with E-state index in [-0.39, 0.29) is 18.7 Å².